The number of rotatable bonds is 8. The van der Waals surface area contributed by atoms with E-state index in [0.29, 0.717) is 13.1 Å². The van der Waals surface area contributed by atoms with Gasteiger partial charge < -0.3 is 20.6 Å². The SMILES string of the molecule is CN(C)c1cc(CNC(=O)NCCCC(C)(C)CO)ccn1. The van der Waals surface area contributed by atoms with Gasteiger partial charge >= 0.3 is 6.03 Å². The molecule has 6 heteroatoms. The molecule has 6 nitrogen and oxygen atoms in total. The number of hydrogen-bond donors (Lipinski definition) is 3. The molecule has 0 fully saturated rings. The van der Waals surface area contributed by atoms with Gasteiger partial charge in [-0.25, -0.2) is 9.78 Å². The van der Waals surface area contributed by atoms with Crippen molar-refractivity contribution in [2.24, 2.45) is 5.41 Å². The highest BCUT2D eigenvalue weighted by Gasteiger charge is 2.15. The van der Waals surface area contributed by atoms with Crippen molar-refractivity contribution in [1.82, 2.24) is 15.6 Å². The first-order valence-corrected chi connectivity index (χ1v) is 7.59. The molecule has 124 valence electrons. The van der Waals surface area contributed by atoms with Crippen LogP contribution in [0.4, 0.5) is 10.6 Å². The van der Waals surface area contributed by atoms with Crippen LogP contribution < -0.4 is 15.5 Å². The number of anilines is 1. The molecule has 0 bridgehead atoms. The Morgan fingerprint density at radius 1 is 1.36 bits per heavy atom. The molecule has 0 aliphatic carbocycles. The molecular weight excluding hydrogens is 280 g/mol. The topological polar surface area (TPSA) is 77.5 Å². The standard InChI is InChI=1S/C16H28N4O2/c1-16(2,12-21)7-5-8-18-15(22)19-11-13-6-9-17-14(10-13)20(3)4/h6,9-10,21H,5,7-8,11-12H2,1-4H3,(H2,18,19,22). The first-order chi connectivity index (χ1) is 10.3. The Morgan fingerprint density at radius 2 is 2.09 bits per heavy atom. The molecule has 0 spiro atoms. The Bertz CT molecular complexity index is 475. The molecule has 2 amide bonds. The predicted molar refractivity (Wildman–Crippen MR) is 88.9 cm³/mol. The highest BCUT2D eigenvalue weighted by Crippen LogP contribution is 2.20. The van der Waals surface area contributed by atoms with Crippen molar-refractivity contribution in [3.05, 3.63) is 23.9 Å². The summed E-state index contributed by atoms with van der Waals surface area (Å²) in [7, 11) is 3.86. The van der Waals surface area contributed by atoms with Gasteiger partial charge in [0.15, 0.2) is 0 Å². The number of hydrogen-bond acceptors (Lipinski definition) is 4. The quantitative estimate of drug-likeness (QED) is 0.639. The van der Waals surface area contributed by atoms with Gasteiger partial charge in [0.2, 0.25) is 0 Å². The van der Waals surface area contributed by atoms with Crippen LogP contribution in [0, 0.1) is 5.41 Å². The second kappa shape index (κ2) is 8.58. The van der Waals surface area contributed by atoms with Gasteiger partial charge in [0.25, 0.3) is 0 Å². The van der Waals surface area contributed by atoms with Crippen molar-refractivity contribution in [3.63, 3.8) is 0 Å². The average molecular weight is 308 g/mol. The highest BCUT2D eigenvalue weighted by atomic mass is 16.3. The average Bonchev–Trinajstić information content (AvgIpc) is 2.50. The van der Waals surface area contributed by atoms with E-state index in [9.17, 15) is 4.79 Å². The van der Waals surface area contributed by atoms with E-state index >= 15 is 0 Å². The molecule has 0 atom stereocenters. The lowest BCUT2D eigenvalue weighted by Gasteiger charge is -2.21. The number of urea groups is 1. The lowest BCUT2D eigenvalue weighted by molar-refractivity contribution is 0.148. The fourth-order valence-electron chi connectivity index (χ4n) is 1.91. The molecule has 22 heavy (non-hydrogen) atoms. The van der Waals surface area contributed by atoms with Crippen molar-refractivity contribution in [2.75, 3.05) is 32.1 Å². The molecule has 0 aliphatic rings. The van der Waals surface area contributed by atoms with Gasteiger partial charge in [-0.15, -0.1) is 0 Å². The van der Waals surface area contributed by atoms with Crippen molar-refractivity contribution >= 4 is 11.8 Å². The van der Waals surface area contributed by atoms with E-state index in [2.05, 4.69) is 15.6 Å². The van der Waals surface area contributed by atoms with E-state index in [0.717, 1.165) is 24.2 Å². The summed E-state index contributed by atoms with van der Waals surface area (Å²) in [5.41, 5.74) is 0.924. The predicted octanol–water partition coefficient (Wildman–Crippen LogP) is 1.75. The zero-order valence-corrected chi connectivity index (χ0v) is 14.0. The smallest absolute Gasteiger partial charge is 0.315 e. The zero-order chi connectivity index (χ0) is 16.6. The summed E-state index contributed by atoms with van der Waals surface area (Å²) in [6.45, 7) is 5.26. The highest BCUT2D eigenvalue weighted by molar-refractivity contribution is 5.73. The van der Waals surface area contributed by atoms with Gasteiger partial charge in [0, 0.05) is 40.0 Å². The maximum Gasteiger partial charge on any atom is 0.315 e. The van der Waals surface area contributed by atoms with Crippen LogP contribution >= 0.6 is 0 Å². The van der Waals surface area contributed by atoms with E-state index < -0.39 is 0 Å². The number of aliphatic hydroxyl groups is 1. The molecule has 0 saturated heterocycles. The van der Waals surface area contributed by atoms with Crippen molar-refractivity contribution in [1.29, 1.82) is 0 Å². The third kappa shape index (κ3) is 6.76. The van der Waals surface area contributed by atoms with Crippen LogP contribution in [0.1, 0.15) is 32.3 Å². The summed E-state index contributed by atoms with van der Waals surface area (Å²) < 4.78 is 0. The number of amides is 2. The molecule has 0 aromatic carbocycles. The monoisotopic (exact) mass is 308 g/mol. The number of nitrogens with one attached hydrogen (secondary N) is 2. The number of nitrogens with zero attached hydrogens (tertiary/aromatic N) is 2. The first-order valence-electron chi connectivity index (χ1n) is 7.59. The van der Waals surface area contributed by atoms with E-state index in [1.54, 1.807) is 6.20 Å². The van der Waals surface area contributed by atoms with Gasteiger partial charge in [0.05, 0.1) is 0 Å². The molecule has 0 unspecified atom stereocenters. The van der Waals surface area contributed by atoms with E-state index in [1.165, 1.54) is 0 Å². The summed E-state index contributed by atoms with van der Waals surface area (Å²) in [6, 6.07) is 3.66. The zero-order valence-electron chi connectivity index (χ0n) is 14.0. The van der Waals surface area contributed by atoms with Gasteiger partial charge in [-0.05, 0) is 36.0 Å². The fourth-order valence-corrected chi connectivity index (χ4v) is 1.91. The second-order valence-corrected chi connectivity index (χ2v) is 6.45. The van der Waals surface area contributed by atoms with Crippen LogP contribution in [0.5, 0.6) is 0 Å². The molecule has 1 aromatic heterocycles. The number of carbonyl (C=O) groups excluding carboxylic acids is 1. The Kier molecular flexibility index (Phi) is 7.11. The van der Waals surface area contributed by atoms with Crippen LogP contribution in [0.3, 0.4) is 0 Å². The van der Waals surface area contributed by atoms with E-state index in [-0.39, 0.29) is 18.1 Å². The third-order valence-corrected chi connectivity index (χ3v) is 3.47. The van der Waals surface area contributed by atoms with Gasteiger partial charge in [-0.1, -0.05) is 13.8 Å². The van der Waals surface area contributed by atoms with Crippen LogP contribution in [0.25, 0.3) is 0 Å². The van der Waals surface area contributed by atoms with Crippen LogP contribution in [-0.2, 0) is 6.54 Å². The Morgan fingerprint density at radius 3 is 2.73 bits per heavy atom. The molecule has 0 radical (unpaired) electrons. The Hall–Kier alpha value is -1.82. The fraction of sp³-hybridized carbons (Fsp3) is 0.625. The van der Waals surface area contributed by atoms with Gasteiger partial charge in [-0.2, -0.15) is 0 Å². The molecular formula is C16H28N4O2. The first kappa shape index (κ1) is 18.2. The largest absolute Gasteiger partial charge is 0.396 e. The number of aromatic nitrogens is 1. The Labute approximate surface area is 132 Å². The summed E-state index contributed by atoms with van der Waals surface area (Å²) >= 11 is 0. The maximum atomic E-state index is 11.7. The molecule has 0 aliphatic heterocycles. The van der Waals surface area contributed by atoms with Crippen LogP contribution in [-0.4, -0.2) is 43.4 Å². The minimum Gasteiger partial charge on any atom is -0.396 e. The number of carbonyl (C=O) groups is 1. The molecule has 1 heterocycles. The van der Waals surface area contributed by atoms with Crippen LogP contribution in [0.15, 0.2) is 18.3 Å². The second-order valence-electron chi connectivity index (χ2n) is 6.45. The lowest BCUT2D eigenvalue weighted by Crippen LogP contribution is -2.36. The van der Waals surface area contributed by atoms with Gasteiger partial charge in [-0.3, -0.25) is 0 Å². The summed E-state index contributed by atoms with van der Waals surface area (Å²) in [5, 5.41) is 14.8. The van der Waals surface area contributed by atoms with Crippen molar-refractivity contribution in [2.45, 2.75) is 33.2 Å². The number of aliphatic hydroxyl groups excluding tert-OH is 1. The molecule has 0 saturated carbocycles. The maximum absolute atomic E-state index is 11.7. The van der Waals surface area contributed by atoms with Crippen LogP contribution in [0.2, 0.25) is 0 Å². The number of pyridine rings is 1. The normalized spacial score (nSPS) is 11.1. The molecule has 3 N–H and O–H groups in total. The van der Waals surface area contributed by atoms with E-state index in [4.69, 9.17) is 5.11 Å². The molecule has 1 aromatic rings. The molecule has 1 rings (SSSR count). The lowest BCUT2D eigenvalue weighted by atomic mass is 9.89. The Balaban J connectivity index is 2.27. The summed E-state index contributed by atoms with van der Waals surface area (Å²) in [6.07, 6.45) is 3.46. The summed E-state index contributed by atoms with van der Waals surface area (Å²) in [4.78, 5) is 17.9. The minimum absolute atomic E-state index is 0.0855. The van der Waals surface area contributed by atoms with E-state index in [1.807, 2.05) is 45.0 Å². The minimum atomic E-state index is -0.176. The van der Waals surface area contributed by atoms with Crippen molar-refractivity contribution < 1.29 is 9.90 Å². The van der Waals surface area contributed by atoms with Gasteiger partial charge in [0.1, 0.15) is 5.82 Å². The van der Waals surface area contributed by atoms with Crippen molar-refractivity contribution in [3.8, 4) is 0 Å². The summed E-state index contributed by atoms with van der Waals surface area (Å²) in [5.74, 6) is 0.867. The third-order valence-electron chi connectivity index (χ3n) is 3.47.